The summed E-state index contributed by atoms with van der Waals surface area (Å²) in [6.07, 6.45) is 40.6. The van der Waals surface area contributed by atoms with Gasteiger partial charge in [0.2, 0.25) is 17.7 Å². The van der Waals surface area contributed by atoms with Crippen LogP contribution < -0.4 is 5.32 Å². The Morgan fingerprint density at radius 2 is 0.789 bits per heavy atom. The fourth-order valence-corrected chi connectivity index (χ4v) is 7.33. The predicted molar refractivity (Wildman–Crippen MR) is 240 cm³/mol. The van der Waals surface area contributed by atoms with Crippen molar-refractivity contribution in [1.29, 1.82) is 0 Å². The maximum atomic E-state index is 14.0. The lowest BCUT2D eigenvalue weighted by atomic mass is 10.1. The van der Waals surface area contributed by atoms with Crippen molar-refractivity contribution >= 4 is 24.0 Å². The highest BCUT2D eigenvalue weighted by atomic mass is 16.3. The number of aliphatic hydroxyl groups excluding tert-OH is 1. The second-order valence-corrected chi connectivity index (χ2v) is 16.4. The summed E-state index contributed by atoms with van der Waals surface area (Å²) < 4.78 is 0. The number of carbonyl (C=O) groups excluding carboxylic acids is 4. The van der Waals surface area contributed by atoms with Gasteiger partial charge in [0, 0.05) is 26.2 Å². The van der Waals surface area contributed by atoms with Crippen LogP contribution in [0.2, 0.25) is 0 Å². The van der Waals surface area contributed by atoms with Crippen molar-refractivity contribution in [2.75, 3.05) is 59.0 Å². The molecular weight excluding hydrogens is 713 g/mol. The fraction of sp³-hybridized carbons (Fsp3) is 0.875. The molecule has 9 heteroatoms. The lowest BCUT2D eigenvalue weighted by Gasteiger charge is -2.29. The van der Waals surface area contributed by atoms with Gasteiger partial charge in [-0.15, -0.1) is 0 Å². The average Bonchev–Trinajstić information content (AvgIpc) is 3.21. The van der Waals surface area contributed by atoms with Crippen molar-refractivity contribution in [3.63, 3.8) is 0 Å². The number of carbonyl (C=O) groups is 4. The number of amides is 3. The molecule has 0 aromatic rings. The maximum absolute atomic E-state index is 14.0. The zero-order chi connectivity index (χ0) is 41.9. The van der Waals surface area contributed by atoms with E-state index in [0.717, 1.165) is 76.9 Å². The lowest BCUT2D eigenvalue weighted by Crippen LogP contribution is -2.49. The summed E-state index contributed by atoms with van der Waals surface area (Å²) in [6.45, 7) is 8.37. The van der Waals surface area contributed by atoms with Crippen molar-refractivity contribution in [1.82, 2.24) is 20.0 Å². The number of hydrogen-bond acceptors (Lipinski definition) is 6. The third-order valence-electron chi connectivity index (χ3n) is 11.1. The van der Waals surface area contributed by atoms with E-state index in [2.05, 4.69) is 38.2 Å². The van der Waals surface area contributed by atoms with Gasteiger partial charge in [0.1, 0.15) is 6.29 Å². The standard InChI is InChI=1S/C48H92N4O5/c1-4-7-10-13-16-19-20-21-22-23-24-25-26-29-32-35-39-52(44-47(56)50(40-42-54)37-33-30-27-17-14-11-8-5-2)48(57)45-51(46(55)43-49-36-41-53)38-34-31-28-18-15-12-9-6-3/h21-22,42,49,53H,4-20,23-41,43-45H2,1-3H3/b22-21-. The van der Waals surface area contributed by atoms with Gasteiger partial charge in [0.15, 0.2) is 0 Å². The number of nitrogens with one attached hydrogen (secondary N) is 1. The normalized spacial score (nSPS) is 11.4. The van der Waals surface area contributed by atoms with Crippen LogP contribution in [0.5, 0.6) is 0 Å². The SMILES string of the molecule is CCCCCCCC/C=C\CCCCCCCCN(CC(=O)N(CC=O)CCCCCCCCCC)C(=O)CN(CCCCCCCCCC)C(=O)CNCCO. The van der Waals surface area contributed by atoms with Crippen molar-refractivity contribution in [2.45, 2.75) is 213 Å². The van der Waals surface area contributed by atoms with E-state index in [1.807, 2.05) is 0 Å². The molecule has 0 rings (SSSR count). The Balaban J connectivity index is 5.25. The fourth-order valence-electron chi connectivity index (χ4n) is 7.33. The zero-order valence-corrected chi connectivity index (χ0v) is 37.7. The van der Waals surface area contributed by atoms with Gasteiger partial charge in [0.05, 0.1) is 32.8 Å². The van der Waals surface area contributed by atoms with E-state index in [1.54, 1.807) is 14.7 Å². The average molecular weight is 805 g/mol. The summed E-state index contributed by atoms with van der Waals surface area (Å²) in [4.78, 5) is 57.4. The largest absolute Gasteiger partial charge is 0.395 e. The van der Waals surface area contributed by atoms with E-state index in [0.29, 0.717) is 26.2 Å². The van der Waals surface area contributed by atoms with Crippen LogP contribution in [-0.2, 0) is 19.2 Å². The van der Waals surface area contributed by atoms with Gasteiger partial charge in [0.25, 0.3) is 0 Å². The number of rotatable bonds is 44. The predicted octanol–water partition coefficient (Wildman–Crippen LogP) is 10.6. The molecule has 57 heavy (non-hydrogen) atoms. The van der Waals surface area contributed by atoms with Crippen LogP contribution in [0, 0.1) is 0 Å². The molecule has 0 unspecified atom stereocenters. The molecule has 0 saturated carbocycles. The molecule has 0 aromatic carbocycles. The van der Waals surface area contributed by atoms with Crippen LogP contribution in [0.15, 0.2) is 12.2 Å². The first-order valence-corrected chi connectivity index (χ1v) is 24.2. The molecule has 334 valence electrons. The van der Waals surface area contributed by atoms with E-state index >= 15 is 0 Å². The number of aliphatic hydroxyl groups is 1. The van der Waals surface area contributed by atoms with E-state index in [1.165, 1.54) is 122 Å². The first-order chi connectivity index (χ1) is 27.9. The topological polar surface area (TPSA) is 110 Å². The van der Waals surface area contributed by atoms with Gasteiger partial charge < -0.3 is 29.9 Å². The number of hydrogen-bond donors (Lipinski definition) is 2. The van der Waals surface area contributed by atoms with Crippen molar-refractivity contribution in [2.24, 2.45) is 0 Å². The van der Waals surface area contributed by atoms with Crippen molar-refractivity contribution < 1.29 is 24.3 Å². The summed E-state index contributed by atoms with van der Waals surface area (Å²) in [5, 5.41) is 12.2. The van der Waals surface area contributed by atoms with E-state index in [-0.39, 0.29) is 50.5 Å². The molecule has 0 spiro atoms. The van der Waals surface area contributed by atoms with Gasteiger partial charge in [-0.25, -0.2) is 0 Å². The molecule has 2 N–H and O–H groups in total. The lowest BCUT2D eigenvalue weighted by molar-refractivity contribution is -0.144. The highest BCUT2D eigenvalue weighted by Gasteiger charge is 2.24. The number of allylic oxidation sites excluding steroid dienone is 2. The first-order valence-electron chi connectivity index (χ1n) is 24.2. The monoisotopic (exact) mass is 805 g/mol. The summed E-state index contributed by atoms with van der Waals surface area (Å²) in [5.41, 5.74) is 0. The molecule has 0 fully saturated rings. The van der Waals surface area contributed by atoms with Crippen LogP contribution in [-0.4, -0.2) is 103 Å². The minimum Gasteiger partial charge on any atom is -0.395 e. The van der Waals surface area contributed by atoms with Crippen molar-refractivity contribution in [3.8, 4) is 0 Å². The molecule has 0 atom stereocenters. The van der Waals surface area contributed by atoms with E-state index in [9.17, 15) is 24.3 Å². The Bertz CT molecular complexity index is 961. The number of nitrogens with zero attached hydrogens (tertiary/aromatic N) is 3. The van der Waals surface area contributed by atoms with Crippen molar-refractivity contribution in [3.05, 3.63) is 12.2 Å². The molecule has 0 heterocycles. The maximum Gasteiger partial charge on any atom is 0.242 e. The Hall–Kier alpha value is -2.26. The van der Waals surface area contributed by atoms with Gasteiger partial charge in [-0.3, -0.25) is 14.4 Å². The Kier molecular flexibility index (Phi) is 41.6. The van der Waals surface area contributed by atoms with Crippen LogP contribution in [0.1, 0.15) is 213 Å². The second-order valence-electron chi connectivity index (χ2n) is 16.4. The van der Waals surface area contributed by atoms with Gasteiger partial charge in [-0.1, -0.05) is 181 Å². The van der Waals surface area contributed by atoms with E-state index < -0.39 is 0 Å². The quantitative estimate of drug-likeness (QED) is 0.0361. The first kappa shape index (κ1) is 54.7. The minimum absolute atomic E-state index is 0.0329. The summed E-state index contributed by atoms with van der Waals surface area (Å²) in [5.74, 6) is -0.585. The summed E-state index contributed by atoms with van der Waals surface area (Å²) in [6, 6.07) is 0. The van der Waals surface area contributed by atoms with Crippen LogP contribution in [0.3, 0.4) is 0 Å². The molecule has 0 aromatic heterocycles. The van der Waals surface area contributed by atoms with Gasteiger partial charge in [-0.2, -0.15) is 0 Å². The highest BCUT2D eigenvalue weighted by molar-refractivity contribution is 5.89. The van der Waals surface area contributed by atoms with Gasteiger partial charge >= 0.3 is 0 Å². The second kappa shape index (κ2) is 43.3. The third-order valence-corrected chi connectivity index (χ3v) is 11.1. The molecule has 0 aliphatic heterocycles. The van der Waals surface area contributed by atoms with Crippen LogP contribution in [0.4, 0.5) is 0 Å². The highest BCUT2D eigenvalue weighted by Crippen LogP contribution is 2.13. The molecule has 0 radical (unpaired) electrons. The smallest absolute Gasteiger partial charge is 0.242 e. The number of unbranched alkanes of at least 4 members (excludes halogenated alkanes) is 26. The van der Waals surface area contributed by atoms with Gasteiger partial charge in [-0.05, 0) is 44.9 Å². The zero-order valence-electron chi connectivity index (χ0n) is 37.7. The molecule has 0 aliphatic carbocycles. The molecule has 0 bridgehead atoms. The Labute approximate surface area is 351 Å². The summed E-state index contributed by atoms with van der Waals surface area (Å²) in [7, 11) is 0. The molecule has 3 amide bonds. The molecular formula is C48H92N4O5. The van der Waals surface area contributed by atoms with E-state index in [4.69, 9.17) is 0 Å². The number of aldehydes is 1. The minimum atomic E-state index is -0.218. The Morgan fingerprint density at radius 3 is 1.18 bits per heavy atom. The molecule has 9 nitrogen and oxygen atoms in total. The Morgan fingerprint density at radius 1 is 0.456 bits per heavy atom. The van der Waals surface area contributed by atoms with Crippen LogP contribution in [0.25, 0.3) is 0 Å². The third kappa shape index (κ3) is 35.4. The van der Waals surface area contributed by atoms with Crippen LogP contribution >= 0.6 is 0 Å². The molecule has 0 saturated heterocycles. The molecule has 0 aliphatic rings. The summed E-state index contributed by atoms with van der Waals surface area (Å²) >= 11 is 0.